The topological polar surface area (TPSA) is 34.1 Å². The number of hydrazone groups is 1. The van der Waals surface area contributed by atoms with Gasteiger partial charge in [-0.25, -0.2) is 0 Å². The van der Waals surface area contributed by atoms with Crippen LogP contribution in [0.25, 0.3) is 0 Å². The van der Waals surface area contributed by atoms with E-state index >= 15 is 0 Å². The molecule has 0 amide bonds. The van der Waals surface area contributed by atoms with Gasteiger partial charge in [0, 0.05) is 36.5 Å². The van der Waals surface area contributed by atoms with Gasteiger partial charge in [-0.3, -0.25) is 5.01 Å². The zero-order chi connectivity index (χ0) is 19.8. The highest BCUT2D eigenvalue weighted by atomic mass is 31.1. The van der Waals surface area contributed by atoms with Crippen molar-refractivity contribution >= 4 is 20.1 Å². The summed E-state index contributed by atoms with van der Waals surface area (Å²) in [5.74, 6) is 0.890. The molecule has 2 aromatic carbocycles. The van der Waals surface area contributed by atoms with Gasteiger partial charge >= 0.3 is 0 Å². The van der Waals surface area contributed by atoms with Crippen molar-refractivity contribution in [3.63, 3.8) is 0 Å². The molecule has 1 aliphatic rings. The van der Waals surface area contributed by atoms with Gasteiger partial charge in [0.1, 0.15) is 5.75 Å². The predicted octanol–water partition coefficient (Wildman–Crippen LogP) is 4.73. The van der Waals surface area contributed by atoms with Gasteiger partial charge in [0.15, 0.2) is 6.79 Å². The van der Waals surface area contributed by atoms with E-state index in [1.165, 1.54) is 35.7 Å². The van der Waals surface area contributed by atoms with E-state index in [4.69, 9.17) is 14.6 Å². The van der Waals surface area contributed by atoms with Gasteiger partial charge in [0.2, 0.25) is 0 Å². The van der Waals surface area contributed by atoms with Gasteiger partial charge in [-0.2, -0.15) is 5.10 Å². The first-order valence-electron chi connectivity index (χ1n) is 9.97. The summed E-state index contributed by atoms with van der Waals surface area (Å²) in [6.07, 6.45) is 5.85. The van der Waals surface area contributed by atoms with Crippen LogP contribution < -0.4 is 10.0 Å². The smallest absolute Gasteiger partial charge is 0.188 e. The highest BCUT2D eigenvalue weighted by Crippen LogP contribution is 2.44. The molecule has 0 aromatic heterocycles. The molecule has 2 aromatic rings. The molecular weight excluding hydrogens is 367 g/mol. The number of hydrogen-bond donors (Lipinski definition) is 0. The van der Waals surface area contributed by atoms with Gasteiger partial charge in [-0.05, 0) is 30.6 Å². The SMILES string of the molecule is COCOc1ccccc1C(C)(C)Pc1ccccc1/C=N/N1CCCCC1. The van der Waals surface area contributed by atoms with Crippen LogP contribution in [0.4, 0.5) is 0 Å². The number of ether oxygens (including phenoxy) is 2. The van der Waals surface area contributed by atoms with Gasteiger partial charge in [-0.1, -0.05) is 64.9 Å². The second-order valence-corrected chi connectivity index (χ2v) is 9.68. The van der Waals surface area contributed by atoms with Crippen molar-refractivity contribution in [2.24, 2.45) is 5.10 Å². The van der Waals surface area contributed by atoms with Gasteiger partial charge < -0.3 is 9.47 Å². The largest absolute Gasteiger partial charge is 0.467 e. The fourth-order valence-corrected chi connectivity index (χ4v) is 4.98. The van der Waals surface area contributed by atoms with Crippen LogP contribution in [0.2, 0.25) is 0 Å². The Morgan fingerprint density at radius 2 is 1.75 bits per heavy atom. The Morgan fingerprint density at radius 1 is 1.04 bits per heavy atom. The summed E-state index contributed by atoms with van der Waals surface area (Å²) < 4.78 is 10.9. The second-order valence-electron chi connectivity index (χ2n) is 7.64. The molecule has 150 valence electrons. The molecule has 28 heavy (non-hydrogen) atoms. The fourth-order valence-electron chi connectivity index (χ4n) is 3.50. The average Bonchev–Trinajstić information content (AvgIpc) is 2.72. The molecule has 0 aliphatic carbocycles. The quantitative estimate of drug-likeness (QED) is 0.366. The molecule has 1 fully saturated rings. The normalized spacial score (nSPS) is 15.6. The first-order valence-corrected chi connectivity index (χ1v) is 11.0. The van der Waals surface area contributed by atoms with Crippen LogP contribution >= 0.6 is 8.58 Å². The molecule has 1 aliphatic heterocycles. The van der Waals surface area contributed by atoms with Gasteiger partial charge in [0.05, 0.1) is 6.21 Å². The predicted molar refractivity (Wildman–Crippen MR) is 119 cm³/mol. The maximum Gasteiger partial charge on any atom is 0.188 e. The van der Waals surface area contributed by atoms with E-state index in [9.17, 15) is 0 Å². The summed E-state index contributed by atoms with van der Waals surface area (Å²) >= 11 is 0. The van der Waals surface area contributed by atoms with Crippen LogP contribution in [0.3, 0.4) is 0 Å². The summed E-state index contributed by atoms with van der Waals surface area (Å²) in [6, 6.07) is 16.8. The third-order valence-corrected chi connectivity index (χ3v) is 6.61. The number of rotatable bonds is 8. The summed E-state index contributed by atoms with van der Waals surface area (Å²) in [5.41, 5.74) is 2.41. The lowest BCUT2D eigenvalue weighted by Crippen LogP contribution is -2.25. The number of hydrogen-bond acceptors (Lipinski definition) is 4. The van der Waals surface area contributed by atoms with Crippen molar-refractivity contribution in [2.75, 3.05) is 27.0 Å². The Morgan fingerprint density at radius 3 is 2.54 bits per heavy atom. The molecule has 1 heterocycles. The molecule has 0 radical (unpaired) electrons. The van der Waals surface area contributed by atoms with Crippen molar-refractivity contribution in [3.05, 3.63) is 59.7 Å². The molecule has 3 rings (SSSR count). The zero-order valence-electron chi connectivity index (χ0n) is 17.1. The Kier molecular flexibility index (Phi) is 7.47. The van der Waals surface area contributed by atoms with Crippen LogP contribution in [0.15, 0.2) is 53.6 Å². The van der Waals surface area contributed by atoms with Crippen LogP contribution in [0.5, 0.6) is 5.75 Å². The highest BCUT2D eigenvalue weighted by molar-refractivity contribution is 7.48. The van der Waals surface area contributed by atoms with Crippen LogP contribution in [0, 0.1) is 0 Å². The Balaban J connectivity index is 1.80. The minimum absolute atomic E-state index is 0.0561. The van der Waals surface area contributed by atoms with Crippen LogP contribution in [-0.2, 0) is 9.89 Å². The summed E-state index contributed by atoms with van der Waals surface area (Å²) in [7, 11) is 2.24. The van der Waals surface area contributed by atoms with Gasteiger partial charge in [-0.15, -0.1) is 0 Å². The first-order chi connectivity index (χ1) is 13.6. The Hall–Kier alpha value is -1.90. The maximum absolute atomic E-state index is 5.82. The Bertz CT molecular complexity index is 786. The number of piperidine rings is 1. The van der Waals surface area contributed by atoms with Crippen LogP contribution in [-0.4, -0.2) is 38.2 Å². The Labute approximate surface area is 170 Å². The highest BCUT2D eigenvalue weighted by Gasteiger charge is 2.25. The summed E-state index contributed by atoms with van der Waals surface area (Å²) in [5, 5.41) is 8.22. The number of para-hydroxylation sites is 1. The molecule has 1 saturated heterocycles. The second kappa shape index (κ2) is 10.0. The zero-order valence-corrected chi connectivity index (χ0v) is 18.1. The van der Waals surface area contributed by atoms with E-state index < -0.39 is 0 Å². The minimum Gasteiger partial charge on any atom is -0.467 e. The van der Waals surface area contributed by atoms with Crippen molar-refractivity contribution in [2.45, 2.75) is 38.3 Å². The van der Waals surface area contributed by atoms with Crippen molar-refractivity contribution in [1.82, 2.24) is 5.01 Å². The molecule has 1 atom stereocenters. The third kappa shape index (κ3) is 5.56. The molecule has 4 nitrogen and oxygen atoms in total. The molecule has 1 unspecified atom stereocenters. The van der Waals surface area contributed by atoms with E-state index in [1.807, 2.05) is 18.3 Å². The van der Waals surface area contributed by atoms with E-state index in [2.05, 4.69) is 55.3 Å². The monoisotopic (exact) mass is 398 g/mol. The lowest BCUT2D eigenvalue weighted by molar-refractivity contribution is 0.0501. The average molecular weight is 398 g/mol. The standard InChI is InChI=1S/C23H31N2O2P/c1-23(2,20-12-6-7-13-21(20)27-18-26-3)28-22-14-8-5-11-19(22)17-24-25-15-9-4-10-16-25/h5-8,11-14,17,28H,4,9-10,15-16,18H2,1-3H3/b24-17+. The van der Waals surface area contributed by atoms with Crippen molar-refractivity contribution < 1.29 is 9.47 Å². The van der Waals surface area contributed by atoms with E-state index in [0.29, 0.717) is 8.58 Å². The first kappa shape index (κ1) is 20.8. The van der Waals surface area contributed by atoms with Crippen molar-refractivity contribution in [3.8, 4) is 5.75 Å². The molecular formula is C23H31N2O2P. The number of nitrogens with zero attached hydrogens (tertiary/aromatic N) is 2. The molecule has 0 saturated carbocycles. The number of benzene rings is 2. The lowest BCUT2D eigenvalue weighted by Gasteiger charge is -2.28. The van der Waals surface area contributed by atoms with Gasteiger partial charge in [0.25, 0.3) is 0 Å². The van der Waals surface area contributed by atoms with Crippen LogP contribution in [0.1, 0.15) is 44.2 Å². The molecule has 5 heteroatoms. The minimum atomic E-state index is -0.0561. The maximum atomic E-state index is 5.82. The summed E-state index contributed by atoms with van der Waals surface area (Å²) in [4.78, 5) is 0. The molecule has 0 N–H and O–H groups in total. The summed E-state index contributed by atoms with van der Waals surface area (Å²) in [6.45, 7) is 6.95. The molecule has 0 bridgehead atoms. The fraction of sp³-hybridized carbons (Fsp3) is 0.435. The van der Waals surface area contributed by atoms with E-state index in [0.717, 1.165) is 18.8 Å². The van der Waals surface area contributed by atoms with Crippen molar-refractivity contribution in [1.29, 1.82) is 0 Å². The van der Waals surface area contributed by atoms with E-state index in [1.54, 1.807) is 7.11 Å². The molecule has 0 spiro atoms. The van der Waals surface area contributed by atoms with E-state index in [-0.39, 0.29) is 11.9 Å². The number of methoxy groups -OCH3 is 1. The third-order valence-electron chi connectivity index (χ3n) is 4.99. The lowest BCUT2D eigenvalue weighted by atomic mass is 10.0.